The molecule has 2 heteroatoms. The minimum atomic E-state index is -0.112. The largest absolute Gasteiger partial charge is 0.309 e. The minimum Gasteiger partial charge on any atom is -0.309 e. The van der Waals surface area contributed by atoms with Crippen LogP contribution in [0, 0.1) is 0 Å². The van der Waals surface area contributed by atoms with E-state index in [1.54, 1.807) is 0 Å². The molecule has 0 saturated heterocycles. The molecule has 0 amide bonds. The van der Waals surface area contributed by atoms with Gasteiger partial charge in [0.2, 0.25) is 0 Å². The highest BCUT2D eigenvalue weighted by Crippen LogP contribution is 2.54. The first-order valence-corrected chi connectivity index (χ1v) is 20.6. The average molecular weight is 746 g/mol. The molecule has 0 aliphatic heterocycles. The Morgan fingerprint density at radius 1 is 0.421 bits per heavy atom. The third-order valence-electron chi connectivity index (χ3n) is 12.0. The molecule has 1 aromatic heterocycles. The van der Waals surface area contributed by atoms with Crippen molar-refractivity contribution in [1.82, 2.24) is 0 Å². The normalized spacial score (nSPS) is 12.9. The molecule has 1 aliphatic rings. The van der Waals surface area contributed by atoms with Crippen molar-refractivity contribution in [1.29, 1.82) is 0 Å². The number of hydrogen-bond donors (Lipinski definition) is 0. The van der Waals surface area contributed by atoms with Crippen molar-refractivity contribution in [2.45, 2.75) is 19.3 Å². The molecule has 0 radical (unpaired) electrons. The zero-order valence-corrected chi connectivity index (χ0v) is 32.7. The predicted octanol–water partition coefficient (Wildman–Crippen LogP) is 16.0. The summed E-state index contributed by atoms with van der Waals surface area (Å²) in [6, 6.07) is 73.8. The van der Waals surface area contributed by atoms with Gasteiger partial charge in [0.25, 0.3) is 0 Å². The highest BCUT2D eigenvalue weighted by molar-refractivity contribution is 7.26. The first-order chi connectivity index (χ1) is 28.0. The van der Waals surface area contributed by atoms with Crippen molar-refractivity contribution >= 4 is 59.3 Å². The molecule has 0 fully saturated rings. The van der Waals surface area contributed by atoms with Gasteiger partial charge in [-0.3, -0.25) is 0 Å². The molecule has 9 aromatic carbocycles. The summed E-state index contributed by atoms with van der Waals surface area (Å²) in [5.74, 6) is 0. The molecule has 0 unspecified atom stereocenters. The fraction of sp³-hybridized carbons (Fsp3) is 0.0545. The molecule has 270 valence electrons. The number of hydrogen-bond acceptors (Lipinski definition) is 2. The summed E-state index contributed by atoms with van der Waals surface area (Å²) in [5.41, 5.74) is 16.0. The Kier molecular flexibility index (Phi) is 7.77. The van der Waals surface area contributed by atoms with E-state index in [9.17, 15) is 0 Å². The van der Waals surface area contributed by atoms with Gasteiger partial charge in [0.1, 0.15) is 0 Å². The van der Waals surface area contributed by atoms with Crippen LogP contribution in [0.3, 0.4) is 0 Å². The van der Waals surface area contributed by atoms with Crippen LogP contribution in [-0.2, 0) is 5.41 Å². The zero-order chi connectivity index (χ0) is 38.1. The summed E-state index contributed by atoms with van der Waals surface area (Å²) >= 11 is 1.86. The number of benzene rings is 9. The SMILES string of the molecule is CC1(C)c2ccc(-c3cccc(N(c4ccc(-c5ccccc5)cc4)c4cccc5sc6ccccc6c45)c3-c3ccccc3)cc2-c2ccc3ccccc3c21. The van der Waals surface area contributed by atoms with Crippen LogP contribution in [-0.4, -0.2) is 0 Å². The first kappa shape index (κ1) is 33.6. The molecule has 1 nitrogen and oxygen atoms in total. The Balaban J connectivity index is 1.17. The lowest BCUT2D eigenvalue weighted by Gasteiger charge is -2.30. The second kappa shape index (κ2) is 13.2. The summed E-state index contributed by atoms with van der Waals surface area (Å²) in [6.07, 6.45) is 0. The summed E-state index contributed by atoms with van der Waals surface area (Å²) in [7, 11) is 0. The van der Waals surface area contributed by atoms with Crippen LogP contribution in [0.2, 0.25) is 0 Å². The standard InChI is InChI=1S/C55H39NS/c1-55(2)47-34-30-40(35-46(47)44-33-29-38-17-9-10-20-43(38)54(44)55)42-22-13-23-48(52(42)39-18-7-4-8-19-39)56(41-31-27-37(28-32-41)36-15-5-3-6-16-36)49-24-14-26-51-53(49)45-21-11-12-25-50(45)57-51/h3-35H,1-2H3. The van der Waals surface area contributed by atoms with E-state index in [1.807, 2.05) is 11.3 Å². The molecule has 0 N–H and O–H groups in total. The maximum Gasteiger partial charge on any atom is 0.0555 e. The quantitative estimate of drug-likeness (QED) is 0.164. The third-order valence-corrected chi connectivity index (χ3v) is 13.2. The fourth-order valence-electron chi connectivity index (χ4n) is 9.44. The average Bonchev–Trinajstić information content (AvgIpc) is 3.76. The summed E-state index contributed by atoms with van der Waals surface area (Å²) < 4.78 is 2.58. The van der Waals surface area contributed by atoms with Gasteiger partial charge >= 0.3 is 0 Å². The predicted molar refractivity (Wildman–Crippen MR) is 245 cm³/mol. The van der Waals surface area contributed by atoms with E-state index in [0.29, 0.717) is 0 Å². The first-order valence-electron chi connectivity index (χ1n) is 19.8. The lowest BCUT2D eigenvalue weighted by Crippen LogP contribution is -2.15. The maximum atomic E-state index is 2.50. The van der Waals surface area contributed by atoms with Crippen LogP contribution >= 0.6 is 11.3 Å². The van der Waals surface area contributed by atoms with Gasteiger partial charge < -0.3 is 4.90 Å². The number of rotatable bonds is 6. The highest BCUT2D eigenvalue weighted by Gasteiger charge is 2.37. The Hall–Kier alpha value is -6.74. The number of nitrogens with zero attached hydrogens (tertiary/aromatic N) is 1. The van der Waals surface area contributed by atoms with Gasteiger partial charge in [0, 0.05) is 36.8 Å². The second-order valence-corrected chi connectivity index (χ2v) is 16.7. The summed E-state index contributed by atoms with van der Waals surface area (Å²) in [4.78, 5) is 2.50. The van der Waals surface area contributed by atoms with Crippen LogP contribution in [0.4, 0.5) is 17.1 Å². The Labute approximate surface area is 337 Å². The van der Waals surface area contributed by atoms with Crippen LogP contribution in [0.5, 0.6) is 0 Å². The van der Waals surface area contributed by atoms with Gasteiger partial charge in [0.15, 0.2) is 0 Å². The van der Waals surface area contributed by atoms with E-state index in [0.717, 1.165) is 11.4 Å². The van der Waals surface area contributed by atoms with E-state index >= 15 is 0 Å². The fourth-order valence-corrected chi connectivity index (χ4v) is 10.6. The molecule has 0 bridgehead atoms. The van der Waals surface area contributed by atoms with Gasteiger partial charge in [-0.2, -0.15) is 0 Å². The van der Waals surface area contributed by atoms with Gasteiger partial charge in [0.05, 0.1) is 11.4 Å². The number of thiophene rings is 1. The van der Waals surface area contributed by atoms with Crippen molar-refractivity contribution in [3.63, 3.8) is 0 Å². The molecule has 1 heterocycles. The molecule has 11 rings (SSSR count). The van der Waals surface area contributed by atoms with Crippen LogP contribution in [0.1, 0.15) is 25.0 Å². The molecular weight excluding hydrogens is 707 g/mol. The minimum absolute atomic E-state index is 0.112. The van der Waals surface area contributed by atoms with Gasteiger partial charge in [-0.1, -0.05) is 172 Å². The van der Waals surface area contributed by atoms with Gasteiger partial charge in [-0.05, 0) is 103 Å². The monoisotopic (exact) mass is 745 g/mol. The molecular formula is C55H39NS. The molecule has 10 aromatic rings. The topological polar surface area (TPSA) is 3.24 Å². The van der Waals surface area contributed by atoms with E-state index in [2.05, 4.69) is 219 Å². The van der Waals surface area contributed by atoms with E-state index in [1.165, 1.54) is 92.3 Å². The summed E-state index contributed by atoms with van der Waals surface area (Å²) in [6.45, 7) is 4.77. The summed E-state index contributed by atoms with van der Waals surface area (Å²) in [5, 5.41) is 5.19. The Morgan fingerprint density at radius 3 is 1.86 bits per heavy atom. The molecule has 57 heavy (non-hydrogen) atoms. The van der Waals surface area contributed by atoms with Crippen LogP contribution in [0.15, 0.2) is 200 Å². The van der Waals surface area contributed by atoms with E-state index in [4.69, 9.17) is 0 Å². The smallest absolute Gasteiger partial charge is 0.0555 e. The maximum absolute atomic E-state index is 2.50. The second-order valence-electron chi connectivity index (χ2n) is 15.7. The molecule has 0 saturated carbocycles. The van der Waals surface area contributed by atoms with Crippen molar-refractivity contribution in [3.05, 3.63) is 211 Å². The Morgan fingerprint density at radius 2 is 1.05 bits per heavy atom. The van der Waals surface area contributed by atoms with Crippen molar-refractivity contribution in [2.75, 3.05) is 4.90 Å². The van der Waals surface area contributed by atoms with Gasteiger partial charge in [-0.25, -0.2) is 0 Å². The Bertz CT molecular complexity index is 3140. The third kappa shape index (κ3) is 5.36. The van der Waals surface area contributed by atoms with E-state index < -0.39 is 0 Å². The lowest BCUT2D eigenvalue weighted by molar-refractivity contribution is 0.666. The van der Waals surface area contributed by atoms with Crippen molar-refractivity contribution < 1.29 is 0 Å². The van der Waals surface area contributed by atoms with Crippen LogP contribution < -0.4 is 4.90 Å². The number of anilines is 3. The van der Waals surface area contributed by atoms with Crippen LogP contribution in [0.25, 0.3) is 75.5 Å². The lowest BCUT2D eigenvalue weighted by atomic mass is 9.80. The molecule has 0 spiro atoms. The molecule has 1 aliphatic carbocycles. The van der Waals surface area contributed by atoms with Crippen molar-refractivity contribution in [2.24, 2.45) is 0 Å². The van der Waals surface area contributed by atoms with Crippen molar-refractivity contribution in [3.8, 4) is 44.5 Å². The van der Waals surface area contributed by atoms with Gasteiger partial charge in [-0.15, -0.1) is 11.3 Å². The highest BCUT2D eigenvalue weighted by atomic mass is 32.1. The zero-order valence-electron chi connectivity index (χ0n) is 31.9. The number of fused-ring (bicyclic) bond motifs is 8. The van der Waals surface area contributed by atoms with E-state index in [-0.39, 0.29) is 5.41 Å². The molecule has 0 atom stereocenters.